The van der Waals surface area contributed by atoms with Crippen molar-refractivity contribution >= 4 is 5.78 Å². The molecule has 0 heterocycles. The number of hydrogen-bond donors (Lipinski definition) is 1. The Bertz CT molecular complexity index is 574. The van der Waals surface area contributed by atoms with E-state index in [1.165, 1.54) is 37.7 Å². The largest absolute Gasteiger partial charge is 0.396 e. The Morgan fingerprint density at radius 2 is 2.04 bits per heavy atom. The molecule has 2 saturated carbocycles. The summed E-state index contributed by atoms with van der Waals surface area (Å²) >= 11 is 0. The van der Waals surface area contributed by atoms with E-state index in [1.54, 1.807) is 0 Å². The number of aliphatic hydroxyl groups is 1. The van der Waals surface area contributed by atoms with E-state index in [4.69, 9.17) is 0 Å². The number of hydrogen-bond acceptors (Lipinski definition) is 2. The molecule has 0 bridgehead atoms. The minimum atomic E-state index is 0.118. The van der Waals surface area contributed by atoms with Crippen molar-refractivity contribution in [1.82, 2.24) is 0 Å². The van der Waals surface area contributed by atoms with E-state index in [0.717, 1.165) is 18.3 Å². The topological polar surface area (TPSA) is 37.3 Å². The summed E-state index contributed by atoms with van der Waals surface area (Å²) in [5.74, 6) is 3.26. The first-order chi connectivity index (χ1) is 11.0. The molecule has 6 unspecified atom stereocenters. The maximum atomic E-state index is 11.8. The second-order valence-corrected chi connectivity index (χ2v) is 8.93. The zero-order chi connectivity index (χ0) is 16.2. The number of rotatable bonds is 2. The van der Waals surface area contributed by atoms with Gasteiger partial charge in [-0.3, -0.25) is 4.79 Å². The number of fused-ring (bicyclic) bond motifs is 5. The molecule has 0 saturated heterocycles. The summed E-state index contributed by atoms with van der Waals surface area (Å²) in [6.07, 6.45) is 14.5. The van der Waals surface area contributed by atoms with Gasteiger partial charge in [0.25, 0.3) is 0 Å². The van der Waals surface area contributed by atoms with Crippen LogP contribution >= 0.6 is 0 Å². The maximum Gasteiger partial charge on any atom is 0.159 e. The molecule has 2 fully saturated rings. The van der Waals surface area contributed by atoms with Gasteiger partial charge in [0.1, 0.15) is 0 Å². The van der Waals surface area contributed by atoms with Gasteiger partial charge in [0, 0.05) is 18.4 Å². The lowest BCUT2D eigenvalue weighted by Gasteiger charge is -2.56. The van der Waals surface area contributed by atoms with E-state index in [9.17, 15) is 9.90 Å². The van der Waals surface area contributed by atoms with Crippen LogP contribution in [0, 0.1) is 34.5 Å². The van der Waals surface area contributed by atoms with Crippen LogP contribution < -0.4 is 0 Å². The standard InChI is InChI=1S/C21H30O2/c1-20-11-8-19-17(18(20)6-4-14(20)9-12-22)5-3-15-13-16(23)7-10-21(15,19)2/h3,7,10,14,17-19,22H,4-6,8-9,11-13H2,1-2H3. The van der Waals surface area contributed by atoms with Gasteiger partial charge in [-0.25, -0.2) is 0 Å². The molecular weight excluding hydrogens is 284 g/mol. The highest BCUT2D eigenvalue weighted by Gasteiger charge is 2.57. The quantitative estimate of drug-likeness (QED) is 0.772. The molecular formula is C21H30O2. The smallest absolute Gasteiger partial charge is 0.159 e. The Labute approximate surface area is 140 Å². The highest BCUT2D eigenvalue weighted by atomic mass is 16.3. The number of allylic oxidation sites excluding steroid dienone is 4. The summed E-state index contributed by atoms with van der Waals surface area (Å²) in [5, 5.41) is 9.43. The molecule has 23 heavy (non-hydrogen) atoms. The van der Waals surface area contributed by atoms with Gasteiger partial charge in [-0.1, -0.05) is 31.6 Å². The minimum absolute atomic E-state index is 0.118. The molecule has 1 N–H and O–H groups in total. The molecule has 2 heteroatoms. The van der Waals surface area contributed by atoms with Crippen molar-refractivity contribution in [3.05, 3.63) is 23.8 Å². The van der Waals surface area contributed by atoms with Gasteiger partial charge in [-0.15, -0.1) is 0 Å². The number of ketones is 1. The Kier molecular flexibility index (Phi) is 3.61. The van der Waals surface area contributed by atoms with Crippen LogP contribution in [-0.4, -0.2) is 17.5 Å². The van der Waals surface area contributed by atoms with Crippen LogP contribution in [-0.2, 0) is 4.79 Å². The third kappa shape index (κ3) is 2.13. The molecule has 0 radical (unpaired) electrons. The first-order valence-corrected chi connectivity index (χ1v) is 9.51. The van der Waals surface area contributed by atoms with Crippen molar-refractivity contribution in [1.29, 1.82) is 0 Å². The fraction of sp³-hybridized carbons (Fsp3) is 0.762. The zero-order valence-electron chi connectivity index (χ0n) is 14.6. The molecule has 0 aromatic heterocycles. The molecule has 0 aliphatic heterocycles. The number of carbonyl (C=O) groups excluding carboxylic acids is 1. The van der Waals surface area contributed by atoms with E-state index in [1.807, 2.05) is 6.08 Å². The Balaban J connectivity index is 1.66. The second-order valence-electron chi connectivity index (χ2n) is 8.93. The monoisotopic (exact) mass is 314 g/mol. The molecule has 0 aromatic rings. The van der Waals surface area contributed by atoms with Crippen LogP contribution in [0.25, 0.3) is 0 Å². The highest BCUT2D eigenvalue weighted by molar-refractivity contribution is 5.93. The molecule has 4 aliphatic carbocycles. The average molecular weight is 314 g/mol. The van der Waals surface area contributed by atoms with Crippen molar-refractivity contribution in [3.63, 3.8) is 0 Å². The predicted octanol–water partition coefficient (Wildman–Crippen LogP) is 4.29. The molecule has 0 spiro atoms. The summed E-state index contributed by atoms with van der Waals surface area (Å²) < 4.78 is 0. The van der Waals surface area contributed by atoms with Crippen molar-refractivity contribution in [2.24, 2.45) is 34.5 Å². The van der Waals surface area contributed by atoms with Gasteiger partial charge in [0.05, 0.1) is 0 Å². The van der Waals surface area contributed by atoms with Crippen molar-refractivity contribution in [3.8, 4) is 0 Å². The van der Waals surface area contributed by atoms with Gasteiger partial charge in [-0.2, -0.15) is 0 Å². The molecule has 0 aromatic carbocycles. The van der Waals surface area contributed by atoms with E-state index < -0.39 is 0 Å². The first-order valence-electron chi connectivity index (χ1n) is 9.51. The summed E-state index contributed by atoms with van der Waals surface area (Å²) in [6, 6.07) is 0. The van der Waals surface area contributed by atoms with E-state index in [-0.39, 0.29) is 11.2 Å². The van der Waals surface area contributed by atoms with Gasteiger partial charge in [0.2, 0.25) is 0 Å². The normalized spacial score (nSPS) is 48.5. The average Bonchev–Trinajstić information content (AvgIpc) is 2.85. The first kappa shape index (κ1) is 15.6. The fourth-order valence-corrected chi connectivity index (χ4v) is 6.84. The highest BCUT2D eigenvalue weighted by Crippen LogP contribution is 2.65. The van der Waals surface area contributed by atoms with Crippen LogP contribution in [0.2, 0.25) is 0 Å². The van der Waals surface area contributed by atoms with Crippen molar-refractivity contribution in [2.45, 2.75) is 58.8 Å². The van der Waals surface area contributed by atoms with E-state index in [2.05, 4.69) is 26.0 Å². The van der Waals surface area contributed by atoms with Gasteiger partial charge in [-0.05, 0) is 73.7 Å². The molecule has 6 atom stereocenters. The van der Waals surface area contributed by atoms with Gasteiger partial charge < -0.3 is 5.11 Å². The Morgan fingerprint density at radius 1 is 1.22 bits per heavy atom. The third-order valence-electron chi connectivity index (χ3n) is 8.19. The Morgan fingerprint density at radius 3 is 2.83 bits per heavy atom. The van der Waals surface area contributed by atoms with Crippen LogP contribution in [0.1, 0.15) is 58.8 Å². The fourth-order valence-electron chi connectivity index (χ4n) is 6.84. The minimum Gasteiger partial charge on any atom is -0.396 e. The molecule has 4 aliphatic rings. The van der Waals surface area contributed by atoms with Crippen LogP contribution in [0.4, 0.5) is 0 Å². The summed E-state index contributed by atoms with van der Waals surface area (Å²) in [4.78, 5) is 11.8. The van der Waals surface area contributed by atoms with Gasteiger partial charge >= 0.3 is 0 Å². The van der Waals surface area contributed by atoms with Crippen molar-refractivity contribution in [2.75, 3.05) is 6.61 Å². The zero-order valence-corrected chi connectivity index (χ0v) is 14.6. The third-order valence-corrected chi connectivity index (χ3v) is 8.19. The van der Waals surface area contributed by atoms with Crippen molar-refractivity contribution < 1.29 is 9.90 Å². The van der Waals surface area contributed by atoms with E-state index >= 15 is 0 Å². The summed E-state index contributed by atoms with van der Waals surface area (Å²) in [6.45, 7) is 5.22. The second kappa shape index (κ2) is 5.31. The molecule has 0 amide bonds. The molecule has 4 rings (SSSR count). The summed E-state index contributed by atoms with van der Waals surface area (Å²) in [7, 11) is 0. The van der Waals surface area contributed by atoms with Crippen LogP contribution in [0.15, 0.2) is 23.8 Å². The molecule has 126 valence electrons. The number of aliphatic hydroxyl groups excluding tert-OH is 1. The summed E-state index contributed by atoms with van der Waals surface area (Å²) in [5.41, 5.74) is 1.94. The maximum absolute atomic E-state index is 11.8. The lowest BCUT2D eigenvalue weighted by Crippen LogP contribution is -2.49. The van der Waals surface area contributed by atoms with Crippen LogP contribution in [0.5, 0.6) is 0 Å². The predicted molar refractivity (Wildman–Crippen MR) is 91.8 cm³/mol. The SMILES string of the molecule is CC12C=CC(=O)CC1=CCC1C2CCC2(C)C(CCO)CCC12. The van der Waals surface area contributed by atoms with Gasteiger partial charge in [0.15, 0.2) is 5.78 Å². The lowest BCUT2D eigenvalue weighted by atomic mass is 9.48. The number of carbonyl (C=O) groups is 1. The van der Waals surface area contributed by atoms with E-state index in [0.29, 0.717) is 30.3 Å². The van der Waals surface area contributed by atoms with Crippen LogP contribution in [0.3, 0.4) is 0 Å². The Hall–Kier alpha value is -0.890. The lowest BCUT2D eigenvalue weighted by molar-refractivity contribution is -0.115. The molecule has 2 nitrogen and oxygen atoms in total.